The fourth-order valence-electron chi connectivity index (χ4n) is 4.98. The van der Waals surface area contributed by atoms with Crippen molar-refractivity contribution in [2.24, 2.45) is 0 Å². The Balaban J connectivity index is 1.58. The second kappa shape index (κ2) is 9.06. The fourth-order valence-corrected chi connectivity index (χ4v) is 5.33. The summed E-state index contributed by atoms with van der Waals surface area (Å²) in [5.74, 6) is 2.86. The molecule has 0 spiro atoms. The van der Waals surface area contributed by atoms with Gasteiger partial charge in [-0.05, 0) is 53.1 Å². The summed E-state index contributed by atoms with van der Waals surface area (Å²) in [6.07, 6.45) is 1.71. The Hall–Kier alpha value is -3.71. The molecule has 2 aliphatic heterocycles. The summed E-state index contributed by atoms with van der Waals surface area (Å²) in [6, 6.07) is 25.0. The van der Waals surface area contributed by atoms with Gasteiger partial charge in [0, 0.05) is 11.1 Å². The minimum absolute atomic E-state index is 0.196. The van der Waals surface area contributed by atoms with E-state index in [0.29, 0.717) is 5.92 Å². The number of fused-ring (bicyclic) bond motifs is 3. The van der Waals surface area contributed by atoms with E-state index in [1.807, 2.05) is 41.3 Å². The van der Waals surface area contributed by atoms with Gasteiger partial charge in [-0.25, -0.2) is 4.68 Å². The van der Waals surface area contributed by atoms with E-state index in [1.54, 1.807) is 7.11 Å². The van der Waals surface area contributed by atoms with Crippen LogP contribution >= 0.6 is 11.8 Å². The number of benzene rings is 3. The molecule has 4 aromatic rings. The van der Waals surface area contributed by atoms with Crippen molar-refractivity contribution in [3.05, 3.63) is 101 Å². The van der Waals surface area contributed by atoms with Crippen LogP contribution in [0, 0.1) is 0 Å². The van der Waals surface area contributed by atoms with E-state index in [9.17, 15) is 0 Å². The number of nitrogens with zero attached hydrogens (tertiary/aromatic N) is 3. The van der Waals surface area contributed by atoms with Gasteiger partial charge in [-0.3, -0.25) is 0 Å². The van der Waals surface area contributed by atoms with E-state index in [4.69, 9.17) is 19.6 Å². The zero-order valence-corrected chi connectivity index (χ0v) is 21.5. The third-order valence-electron chi connectivity index (χ3n) is 6.88. The average Bonchev–Trinajstić information content (AvgIpc) is 3.34. The Morgan fingerprint density at radius 1 is 0.972 bits per heavy atom. The summed E-state index contributed by atoms with van der Waals surface area (Å²) < 4.78 is 14.2. The van der Waals surface area contributed by atoms with Crippen molar-refractivity contribution in [3.8, 4) is 11.5 Å². The number of anilines is 1. The van der Waals surface area contributed by atoms with Gasteiger partial charge in [-0.2, -0.15) is 4.98 Å². The van der Waals surface area contributed by atoms with E-state index >= 15 is 0 Å². The molecule has 1 aromatic heterocycles. The van der Waals surface area contributed by atoms with E-state index in [1.165, 1.54) is 17.3 Å². The van der Waals surface area contributed by atoms with Crippen LogP contribution in [-0.4, -0.2) is 28.1 Å². The smallest absolute Gasteiger partial charge is 0.227 e. The van der Waals surface area contributed by atoms with Crippen LogP contribution in [0.2, 0.25) is 0 Å². The number of hydrogen-bond donors (Lipinski definition) is 1. The van der Waals surface area contributed by atoms with Gasteiger partial charge in [0.25, 0.3) is 0 Å². The normalized spacial score (nSPS) is 18.1. The molecule has 6 nitrogen and oxygen atoms in total. The number of thioether (sulfide) groups is 1. The van der Waals surface area contributed by atoms with Gasteiger partial charge in [-0.1, -0.05) is 74.1 Å². The average molecular weight is 497 g/mol. The Labute approximate surface area is 215 Å². The molecule has 0 saturated carbocycles. The van der Waals surface area contributed by atoms with Crippen LogP contribution in [-0.2, 0) is 0 Å². The summed E-state index contributed by atoms with van der Waals surface area (Å²) in [4.78, 5) is 4.78. The van der Waals surface area contributed by atoms with Crippen LogP contribution < -0.4 is 14.8 Å². The first-order chi connectivity index (χ1) is 17.6. The van der Waals surface area contributed by atoms with Gasteiger partial charge < -0.3 is 14.8 Å². The molecule has 182 valence electrons. The summed E-state index contributed by atoms with van der Waals surface area (Å²) in [6.45, 7) is 4.42. The molecule has 3 heterocycles. The van der Waals surface area contributed by atoms with Crippen molar-refractivity contribution in [2.45, 2.75) is 37.1 Å². The monoisotopic (exact) mass is 496 g/mol. The molecule has 0 bridgehead atoms. The van der Waals surface area contributed by atoms with Gasteiger partial charge in [0.05, 0.1) is 12.8 Å². The standard InChI is InChI=1S/C29H28N4O2S/c1-17(2)18-9-11-20(12-10-18)27-24-25(22-7-5-6-8-23(22)35-27)30-28-31-29(36-4)32-33(28)26(24)19-13-15-21(34-3)16-14-19/h5-17,26-27H,1-4H3,(H,30,31,32)/t26-,27+/m0/s1. The Bertz CT molecular complexity index is 1440. The summed E-state index contributed by atoms with van der Waals surface area (Å²) >= 11 is 1.53. The van der Waals surface area contributed by atoms with Crippen LogP contribution in [0.5, 0.6) is 11.5 Å². The number of ether oxygens (including phenoxy) is 2. The minimum atomic E-state index is -0.286. The summed E-state index contributed by atoms with van der Waals surface area (Å²) in [7, 11) is 1.68. The van der Waals surface area contributed by atoms with E-state index < -0.39 is 0 Å². The maximum absolute atomic E-state index is 6.74. The lowest BCUT2D eigenvalue weighted by Gasteiger charge is -2.39. The molecule has 6 rings (SSSR count). The van der Waals surface area contributed by atoms with E-state index in [2.05, 4.69) is 61.6 Å². The van der Waals surface area contributed by atoms with Crippen molar-refractivity contribution in [1.82, 2.24) is 14.8 Å². The van der Waals surface area contributed by atoms with Gasteiger partial charge in [0.1, 0.15) is 23.6 Å². The number of hydrogen-bond acceptors (Lipinski definition) is 6. The number of para-hydroxylation sites is 1. The molecule has 0 fully saturated rings. The van der Waals surface area contributed by atoms with Crippen molar-refractivity contribution < 1.29 is 9.47 Å². The molecule has 0 radical (unpaired) electrons. The molecular formula is C29H28N4O2S. The zero-order chi connectivity index (χ0) is 24.8. The fraction of sp³-hybridized carbons (Fsp3) is 0.241. The molecule has 0 amide bonds. The minimum Gasteiger partial charge on any atom is -0.497 e. The third-order valence-corrected chi connectivity index (χ3v) is 7.42. The SMILES string of the molecule is COc1ccc([C@H]2C3=C(Nc4nc(SC)nn42)c2ccccc2O[C@@H]3c2ccc(C(C)C)cc2)cc1. The third kappa shape index (κ3) is 3.75. The lowest BCUT2D eigenvalue weighted by Crippen LogP contribution is -2.32. The predicted molar refractivity (Wildman–Crippen MR) is 144 cm³/mol. The van der Waals surface area contributed by atoms with E-state index in [0.717, 1.165) is 50.6 Å². The van der Waals surface area contributed by atoms with Crippen molar-refractivity contribution in [1.29, 1.82) is 0 Å². The van der Waals surface area contributed by atoms with Gasteiger partial charge in [-0.15, -0.1) is 5.10 Å². The van der Waals surface area contributed by atoms with Crippen LogP contribution in [0.3, 0.4) is 0 Å². The molecule has 36 heavy (non-hydrogen) atoms. The molecule has 0 saturated heterocycles. The van der Waals surface area contributed by atoms with Crippen LogP contribution in [0.4, 0.5) is 5.95 Å². The van der Waals surface area contributed by atoms with Crippen molar-refractivity contribution >= 4 is 23.4 Å². The molecular weight excluding hydrogens is 468 g/mol. The highest BCUT2D eigenvalue weighted by Gasteiger charge is 2.41. The van der Waals surface area contributed by atoms with Gasteiger partial charge in [0.15, 0.2) is 0 Å². The van der Waals surface area contributed by atoms with Crippen LogP contribution in [0.15, 0.2) is 83.5 Å². The number of aromatic nitrogens is 3. The Kier molecular flexibility index (Phi) is 5.72. The largest absolute Gasteiger partial charge is 0.497 e. The maximum atomic E-state index is 6.74. The first kappa shape index (κ1) is 22.7. The van der Waals surface area contributed by atoms with Crippen molar-refractivity contribution in [2.75, 3.05) is 18.7 Å². The van der Waals surface area contributed by atoms with Crippen molar-refractivity contribution in [3.63, 3.8) is 0 Å². The summed E-state index contributed by atoms with van der Waals surface area (Å²) in [5.41, 5.74) is 6.68. The number of methoxy groups -OCH3 is 1. The predicted octanol–water partition coefficient (Wildman–Crippen LogP) is 6.69. The number of rotatable bonds is 5. The van der Waals surface area contributed by atoms with Gasteiger partial charge in [0.2, 0.25) is 11.1 Å². The maximum Gasteiger partial charge on any atom is 0.227 e. The highest BCUT2D eigenvalue weighted by atomic mass is 32.2. The number of nitrogens with one attached hydrogen (secondary N) is 1. The second-order valence-electron chi connectivity index (χ2n) is 9.31. The van der Waals surface area contributed by atoms with Crippen LogP contribution in [0.25, 0.3) is 5.70 Å². The lowest BCUT2D eigenvalue weighted by atomic mass is 9.84. The first-order valence-corrected chi connectivity index (χ1v) is 13.3. The van der Waals surface area contributed by atoms with Gasteiger partial charge >= 0.3 is 0 Å². The molecule has 2 atom stereocenters. The molecule has 0 aliphatic carbocycles. The first-order valence-electron chi connectivity index (χ1n) is 12.1. The zero-order valence-electron chi connectivity index (χ0n) is 20.7. The summed E-state index contributed by atoms with van der Waals surface area (Å²) in [5, 5.41) is 9.20. The topological polar surface area (TPSA) is 61.2 Å². The molecule has 0 unspecified atom stereocenters. The highest BCUT2D eigenvalue weighted by Crippen LogP contribution is 2.51. The molecule has 3 aromatic carbocycles. The second-order valence-corrected chi connectivity index (χ2v) is 10.1. The van der Waals surface area contributed by atoms with Crippen LogP contribution in [0.1, 0.15) is 54.2 Å². The van der Waals surface area contributed by atoms with E-state index in [-0.39, 0.29) is 12.1 Å². The lowest BCUT2D eigenvalue weighted by molar-refractivity contribution is 0.223. The molecule has 7 heteroatoms. The quantitative estimate of drug-likeness (QED) is 0.311. The highest BCUT2D eigenvalue weighted by molar-refractivity contribution is 7.98. The molecule has 1 N–H and O–H groups in total. The Morgan fingerprint density at radius 3 is 2.39 bits per heavy atom. The molecule has 2 aliphatic rings. The Morgan fingerprint density at radius 2 is 1.69 bits per heavy atom.